The fourth-order valence-corrected chi connectivity index (χ4v) is 0.258. The Labute approximate surface area is 60.1 Å². The number of carbonyl (C=O) groups is 1. The minimum Gasteiger partial charge on any atom is -0.480 e. The van der Waals surface area contributed by atoms with E-state index in [0.717, 1.165) is 0 Å². The molecule has 0 aromatic rings. The number of carboxylic acids is 1. The van der Waals surface area contributed by atoms with Crippen molar-refractivity contribution in [3.05, 3.63) is 10.4 Å². The third kappa shape index (κ3) is 3.71. The van der Waals surface area contributed by atoms with E-state index in [1.165, 1.54) is 0 Å². The van der Waals surface area contributed by atoms with Crippen LogP contribution in [-0.2, 0) is 4.79 Å². The Balaban J connectivity index is 4.23. The average molecular weight is 146 g/mol. The smallest absolute Gasteiger partial charge is 0.320 e. The highest BCUT2D eigenvalue weighted by molar-refractivity contribution is 5.72. The van der Waals surface area contributed by atoms with Crippen LogP contribution in [0.15, 0.2) is 5.11 Å². The zero-order chi connectivity index (χ0) is 9.78. The molecule has 0 aliphatic carbocycles. The van der Waals surface area contributed by atoms with Gasteiger partial charge >= 0.3 is 5.97 Å². The number of aliphatic carboxylic acids is 1. The van der Waals surface area contributed by atoms with E-state index in [1.807, 2.05) is 0 Å². The molecule has 0 fully saturated rings. The van der Waals surface area contributed by atoms with Gasteiger partial charge in [0.25, 0.3) is 0 Å². The lowest BCUT2D eigenvalue weighted by molar-refractivity contribution is -0.138. The van der Waals surface area contributed by atoms with Crippen LogP contribution in [0.25, 0.3) is 10.4 Å². The van der Waals surface area contributed by atoms with Gasteiger partial charge in [0.1, 0.15) is 6.04 Å². The van der Waals surface area contributed by atoms with Gasteiger partial charge in [-0.25, -0.2) is 0 Å². The van der Waals surface area contributed by atoms with E-state index in [2.05, 4.69) is 10.0 Å². The predicted molar refractivity (Wildman–Crippen MR) is 34.2 cm³/mol. The molecule has 0 heterocycles. The van der Waals surface area contributed by atoms with E-state index in [4.69, 9.17) is 19.1 Å². The van der Waals surface area contributed by atoms with Gasteiger partial charge in [0, 0.05) is 14.2 Å². The topological polar surface area (TPSA) is 112 Å². The van der Waals surface area contributed by atoms with Crippen LogP contribution < -0.4 is 5.73 Å². The van der Waals surface area contributed by atoms with Crippen molar-refractivity contribution in [2.24, 2.45) is 10.8 Å². The molecule has 0 saturated carbocycles. The second-order valence-electron chi connectivity index (χ2n) is 1.50. The van der Waals surface area contributed by atoms with Crippen molar-refractivity contribution in [3.63, 3.8) is 0 Å². The maximum absolute atomic E-state index is 10.2. The maximum Gasteiger partial charge on any atom is 0.320 e. The molecule has 56 valence electrons. The molecule has 0 aromatic heterocycles. The Morgan fingerprint density at radius 3 is 3.10 bits per heavy atom. The number of nitrogens with zero attached hydrogens (tertiary/aromatic N) is 3. The fraction of sp³-hybridized carbons (Fsp3) is 0.750. The summed E-state index contributed by atoms with van der Waals surface area (Å²) in [6.07, 6.45) is -0.535. The molecule has 1 atom stereocenters. The Morgan fingerprint density at radius 1 is 2.10 bits per heavy atom. The molecule has 6 nitrogen and oxygen atoms in total. The van der Waals surface area contributed by atoms with E-state index in [0.29, 0.717) is 0 Å². The first-order valence-electron chi connectivity index (χ1n) is 3.44. The van der Waals surface area contributed by atoms with Crippen molar-refractivity contribution in [1.29, 1.82) is 0 Å². The summed E-state index contributed by atoms with van der Waals surface area (Å²) in [6.45, 7) is -2.24. The molecular formula is C4H8N4O2. The number of azide groups is 1. The summed E-state index contributed by atoms with van der Waals surface area (Å²) in [5, 5.41) is 11.0. The van der Waals surface area contributed by atoms with E-state index < -0.39 is 24.9 Å². The molecule has 0 amide bonds. The highest BCUT2D eigenvalue weighted by Gasteiger charge is 2.08. The summed E-state index contributed by atoms with van der Waals surface area (Å²) in [4.78, 5) is 12.4. The molecule has 0 radical (unpaired) electrons. The summed E-state index contributed by atoms with van der Waals surface area (Å²) in [7, 11) is 0. The Bertz CT molecular complexity index is 225. The van der Waals surface area contributed by atoms with Crippen LogP contribution in [0, 0.1) is 0 Å². The van der Waals surface area contributed by atoms with Gasteiger partial charge in [-0.3, -0.25) is 4.79 Å². The van der Waals surface area contributed by atoms with Crippen LogP contribution in [0.4, 0.5) is 0 Å². The fourth-order valence-electron chi connectivity index (χ4n) is 0.258. The van der Waals surface area contributed by atoms with E-state index in [9.17, 15) is 4.79 Å². The van der Waals surface area contributed by atoms with Crippen molar-refractivity contribution in [3.8, 4) is 0 Å². The highest BCUT2D eigenvalue weighted by atomic mass is 16.4. The zero-order valence-corrected chi connectivity index (χ0v) is 5.06. The van der Waals surface area contributed by atoms with E-state index >= 15 is 0 Å². The zero-order valence-electron chi connectivity index (χ0n) is 7.06. The molecule has 0 bridgehead atoms. The van der Waals surface area contributed by atoms with Gasteiger partial charge in [0.05, 0.1) is 0 Å². The van der Waals surface area contributed by atoms with Crippen LogP contribution in [0.1, 0.15) is 9.16 Å². The summed E-state index contributed by atoms with van der Waals surface area (Å²) in [6, 6.07) is -1.36. The van der Waals surface area contributed by atoms with Gasteiger partial charge in [0.15, 0.2) is 0 Å². The van der Waals surface area contributed by atoms with E-state index in [1.54, 1.807) is 0 Å². The second kappa shape index (κ2) is 4.60. The summed E-state index contributed by atoms with van der Waals surface area (Å²) >= 11 is 0. The lowest BCUT2D eigenvalue weighted by Crippen LogP contribution is -2.30. The van der Waals surface area contributed by atoms with Gasteiger partial charge in [-0.2, -0.15) is 0 Å². The number of hydrogen-bond donors (Lipinski definition) is 2. The third-order valence-electron chi connectivity index (χ3n) is 0.744. The summed E-state index contributed by atoms with van der Waals surface area (Å²) < 4.78 is 13.9. The molecule has 0 rings (SSSR count). The molecule has 0 aromatic carbocycles. The Hall–Kier alpha value is -1.26. The van der Waals surface area contributed by atoms with E-state index in [-0.39, 0.29) is 0 Å². The van der Waals surface area contributed by atoms with Crippen molar-refractivity contribution >= 4 is 5.97 Å². The van der Waals surface area contributed by atoms with Crippen LogP contribution in [0.5, 0.6) is 0 Å². The molecule has 6 heteroatoms. The largest absolute Gasteiger partial charge is 0.480 e. The first kappa shape index (κ1) is 5.52. The lowest BCUT2D eigenvalue weighted by atomic mass is 10.2. The van der Waals surface area contributed by atoms with Crippen molar-refractivity contribution in [2.45, 2.75) is 12.5 Å². The van der Waals surface area contributed by atoms with Crippen molar-refractivity contribution < 1.29 is 12.6 Å². The average Bonchev–Trinajstić information content (AvgIpc) is 1.85. The molecule has 10 heavy (non-hydrogen) atoms. The molecule has 0 saturated heterocycles. The van der Waals surface area contributed by atoms with Gasteiger partial charge in [0.2, 0.25) is 0 Å². The minimum absolute atomic E-state index is 0.535. The molecule has 0 spiro atoms. The van der Waals surface area contributed by atoms with Crippen LogP contribution in [0.2, 0.25) is 0 Å². The SMILES string of the molecule is [2H]C([2H])(C[C@H](N)C(=O)O)N=[N+]=[N-]. The first-order chi connectivity index (χ1) is 5.39. The quantitative estimate of drug-likeness (QED) is 0.333. The van der Waals surface area contributed by atoms with Gasteiger partial charge in [-0.05, 0) is 12.0 Å². The van der Waals surface area contributed by atoms with Crippen molar-refractivity contribution in [2.75, 3.05) is 6.50 Å². The molecular weight excluding hydrogens is 136 g/mol. The number of hydrogen-bond acceptors (Lipinski definition) is 3. The molecule has 3 N–H and O–H groups in total. The Morgan fingerprint density at radius 2 is 2.70 bits per heavy atom. The van der Waals surface area contributed by atoms with Crippen LogP contribution in [-0.4, -0.2) is 23.6 Å². The third-order valence-corrected chi connectivity index (χ3v) is 0.744. The number of carboxylic acid groups (broad SMARTS) is 1. The first-order valence-corrected chi connectivity index (χ1v) is 2.44. The monoisotopic (exact) mass is 146 g/mol. The highest BCUT2D eigenvalue weighted by Crippen LogP contribution is 1.88. The van der Waals surface area contributed by atoms with Crippen LogP contribution in [0.3, 0.4) is 0 Å². The maximum atomic E-state index is 10.2. The molecule has 0 unspecified atom stereocenters. The van der Waals surface area contributed by atoms with Gasteiger partial charge < -0.3 is 10.8 Å². The standard InChI is InChI=1S/C4H8N4O2/c5-3(4(9)10)1-2-7-8-6/h3H,1-2,5H2,(H,9,10)/t3-/m0/s1/i2D2. The Kier molecular flexibility index (Phi) is 2.54. The normalized spacial score (nSPS) is 16.1. The summed E-state index contributed by atoms with van der Waals surface area (Å²) in [5.74, 6) is -1.33. The second-order valence-corrected chi connectivity index (χ2v) is 1.50. The van der Waals surface area contributed by atoms with Crippen LogP contribution >= 0.6 is 0 Å². The number of rotatable bonds is 4. The van der Waals surface area contributed by atoms with Gasteiger partial charge in [-0.1, -0.05) is 5.11 Å². The molecule has 0 aliphatic rings. The number of nitrogens with two attached hydrogens (primary N) is 1. The summed E-state index contributed by atoms with van der Waals surface area (Å²) in [5.41, 5.74) is 12.9. The van der Waals surface area contributed by atoms with Crippen molar-refractivity contribution in [1.82, 2.24) is 0 Å². The minimum atomic E-state index is -2.24. The van der Waals surface area contributed by atoms with Gasteiger partial charge in [-0.15, -0.1) is 0 Å². The lowest BCUT2D eigenvalue weighted by Gasteiger charge is -2.00. The predicted octanol–water partition coefficient (Wildman–Crippen LogP) is 0.0987. The molecule has 0 aliphatic heterocycles.